The van der Waals surface area contributed by atoms with Crippen molar-refractivity contribution in [2.45, 2.75) is 38.2 Å². The zero-order valence-corrected chi connectivity index (χ0v) is 8.38. The minimum absolute atomic E-state index is 0.250. The van der Waals surface area contributed by atoms with Gasteiger partial charge in [-0.2, -0.15) is 11.8 Å². The van der Waals surface area contributed by atoms with E-state index >= 15 is 0 Å². The first-order valence-corrected chi connectivity index (χ1v) is 5.61. The molecule has 0 aromatic heterocycles. The third kappa shape index (κ3) is 2.38. The lowest BCUT2D eigenvalue weighted by atomic mass is 9.91. The summed E-state index contributed by atoms with van der Waals surface area (Å²) in [7, 11) is 1.87. The van der Waals surface area contributed by atoms with Crippen molar-refractivity contribution >= 4 is 11.8 Å². The quantitative estimate of drug-likeness (QED) is 0.650. The average Bonchev–Trinajstić information content (AvgIpc) is 2.07. The lowest BCUT2D eigenvalue weighted by Crippen LogP contribution is -2.35. The van der Waals surface area contributed by atoms with Crippen LogP contribution in [0.15, 0.2) is 0 Å². The van der Waals surface area contributed by atoms with Crippen molar-refractivity contribution in [2.24, 2.45) is 0 Å². The van der Waals surface area contributed by atoms with Crippen LogP contribution in [0.1, 0.15) is 32.6 Å². The number of hydrogen-bond donors (Lipinski definition) is 0. The zero-order chi connectivity index (χ0) is 8.16. The number of ether oxygens (including phenoxy) is 1. The van der Waals surface area contributed by atoms with E-state index in [1.54, 1.807) is 0 Å². The molecule has 0 aliphatic carbocycles. The lowest BCUT2D eigenvalue weighted by molar-refractivity contribution is -0.0243. The number of thioether (sulfide) groups is 1. The average molecular weight is 174 g/mol. The molecular formula is C9H18OS. The minimum atomic E-state index is 0.250. The fraction of sp³-hybridized carbons (Fsp3) is 1.00. The van der Waals surface area contributed by atoms with Crippen molar-refractivity contribution in [1.82, 2.24) is 0 Å². The van der Waals surface area contributed by atoms with E-state index in [0.717, 1.165) is 0 Å². The topological polar surface area (TPSA) is 9.23 Å². The van der Waals surface area contributed by atoms with E-state index in [9.17, 15) is 0 Å². The lowest BCUT2D eigenvalue weighted by Gasteiger charge is -2.35. The molecular weight excluding hydrogens is 156 g/mol. The summed E-state index contributed by atoms with van der Waals surface area (Å²) in [4.78, 5) is 0. The molecule has 0 atom stereocenters. The molecule has 0 saturated carbocycles. The third-order valence-electron chi connectivity index (χ3n) is 2.54. The Morgan fingerprint density at radius 3 is 2.45 bits per heavy atom. The molecule has 1 heterocycles. The fourth-order valence-electron chi connectivity index (χ4n) is 1.76. The molecule has 66 valence electrons. The molecule has 1 rings (SSSR count). The van der Waals surface area contributed by atoms with Crippen LogP contribution < -0.4 is 0 Å². The molecule has 2 heteroatoms. The van der Waals surface area contributed by atoms with Crippen molar-refractivity contribution in [1.29, 1.82) is 0 Å². The molecule has 1 aliphatic heterocycles. The Morgan fingerprint density at radius 2 is 2.00 bits per heavy atom. The standard InChI is InChI=1S/C9H18OS/c1-3-4-9(10-2)5-7-11-8-6-9/h3-8H2,1-2H3. The van der Waals surface area contributed by atoms with Gasteiger partial charge in [-0.1, -0.05) is 13.3 Å². The van der Waals surface area contributed by atoms with E-state index < -0.39 is 0 Å². The minimum Gasteiger partial charge on any atom is -0.378 e. The Balaban J connectivity index is 2.42. The highest BCUT2D eigenvalue weighted by atomic mass is 32.2. The Labute approximate surface area is 73.9 Å². The summed E-state index contributed by atoms with van der Waals surface area (Å²) in [5.41, 5.74) is 0.250. The summed E-state index contributed by atoms with van der Waals surface area (Å²) in [5, 5.41) is 0. The van der Waals surface area contributed by atoms with E-state index in [-0.39, 0.29) is 5.60 Å². The van der Waals surface area contributed by atoms with Crippen LogP contribution >= 0.6 is 11.8 Å². The van der Waals surface area contributed by atoms with Crippen LogP contribution in [0.3, 0.4) is 0 Å². The predicted molar refractivity (Wildman–Crippen MR) is 51.2 cm³/mol. The number of hydrogen-bond acceptors (Lipinski definition) is 2. The molecule has 0 spiro atoms. The van der Waals surface area contributed by atoms with Gasteiger partial charge in [0, 0.05) is 7.11 Å². The van der Waals surface area contributed by atoms with Crippen molar-refractivity contribution in [3.63, 3.8) is 0 Å². The van der Waals surface area contributed by atoms with Gasteiger partial charge in [-0.3, -0.25) is 0 Å². The first-order chi connectivity index (χ1) is 5.33. The first-order valence-electron chi connectivity index (χ1n) is 4.46. The van der Waals surface area contributed by atoms with Gasteiger partial charge < -0.3 is 4.74 Å². The molecule has 0 unspecified atom stereocenters. The maximum absolute atomic E-state index is 5.61. The SMILES string of the molecule is CCCC1(OC)CCSCC1. The van der Waals surface area contributed by atoms with E-state index in [4.69, 9.17) is 4.74 Å². The molecule has 0 aromatic rings. The van der Waals surface area contributed by atoms with Crippen LogP contribution in [-0.4, -0.2) is 24.2 Å². The van der Waals surface area contributed by atoms with Gasteiger partial charge in [-0.05, 0) is 30.8 Å². The number of methoxy groups -OCH3 is 1. The van der Waals surface area contributed by atoms with Gasteiger partial charge in [0.05, 0.1) is 5.60 Å². The second-order valence-electron chi connectivity index (χ2n) is 3.25. The van der Waals surface area contributed by atoms with Gasteiger partial charge in [0.1, 0.15) is 0 Å². The summed E-state index contributed by atoms with van der Waals surface area (Å²) in [6.07, 6.45) is 4.99. The molecule has 0 radical (unpaired) electrons. The monoisotopic (exact) mass is 174 g/mol. The summed E-state index contributed by atoms with van der Waals surface area (Å²) in [6, 6.07) is 0. The summed E-state index contributed by atoms with van der Waals surface area (Å²) in [5.74, 6) is 2.57. The summed E-state index contributed by atoms with van der Waals surface area (Å²) < 4.78 is 5.61. The van der Waals surface area contributed by atoms with Crippen molar-refractivity contribution in [3.05, 3.63) is 0 Å². The van der Waals surface area contributed by atoms with E-state index in [0.29, 0.717) is 0 Å². The van der Waals surface area contributed by atoms with Gasteiger partial charge in [0.25, 0.3) is 0 Å². The second kappa shape index (κ2) is 4.36. The van der Waals surface area contributed by atoms with Crippen LogP contribution in [0, 0.1) is 0 Å². The maximum atomic E-state index is 5.61. The van der Waals surface area contributed by atoms with Gasteiger partial charge in [0.2, 0.25) is 0 Å². The number of rotatable bonds is 3. The van der Waals surface area contributed by atoms with Crippen LogP contribution in [-0.2, 0) is 4.74 Å². The molecule has 1 aliphatic rings. The molecule has 1 saturated heterocycles. The van der Waals surface area contributed by atoms with Crippen LogP contribution in [0.4, 0.5) is 0 Å². The van der Waals surface area contributed by atoms with Crippen molar-refractivity contribution in [3.8, 4) is 0 Å². The zero-order valence-electron chi connectivity index (χ0n) is 7.56. The normalized spacial score (nSPS) is 23.5. The van der Waals surface area contributed by atoms with Crippen LogP contribution in [0.2, 0.25) is 0 Å². The van der Waals surface area contributed by atoms with E-state index in [1.165, 1.54) is 37.2 Å². The maximum Gasteiger partial charge on any atom is 0.0694 e. The Bertz CT molecular complexity index is 103. The molecule has 0 N–H and O–H groups in total. The Hall–Kier alpha value is 0.310. The second-order valence-corrected chi connectivity index (χ2v) is 4.47. The van der Waals surface area contributed by atoms with Crippen LogP contribution in [0.25, 0.3) is 0 Å². The van der Waals surface area contributed by atoms with Gasteiger partial charge in [-0.25, -0.2) is 0 Å². The van der Waals surface area contributed by atoms with E-state index in [2.05, 4.69) is 18.7 Å². The van der Waals surface area contributed by atoms with Crippen molar-refractivity contribution in [2.75, 3.05) is 18.6 Å². The molecule has 1 nitrogen and oxygen atoms in total. The Morgan fingerprint density at radius 1 is 1.36 bits per heavy atom. The molecule has 0 amide bonds. The van der Waals surface area contributed by atoms with Gasteiger partial charge in [-0.15, -0.1) is 0 Å². The smallest absolute Gasteiger partial charge is 0.0694 e. The highest BCUT2D eigenvalue weighted by Crippen LogP contribution is 2.33. The molecule has 11 heavy (non-hydrogen) atoms. The molecule has 0 bridgehead atoms. The van der Waals surface area contributed by atoms with Gasteiger partial charge in [0.15, 0.2) is 0 Å². The third-order valence-corrected chi connectivity index (χ3v) is 3.53. The summed E-state index contributed by atoms with van der Waals surface area (Å²) >= 11 is 2.06. The first kappa shape index (κ1) is 9.40. The Kier molecular flexibility index (Phi) is 3.73. The largest absolute Gasteiger partial charge is 0.378 e. The molecule has 0 aromatic carbocycles. The summed E-state index contributed by atoms with van der Waals surface area (Å²) in [6.45, 7) is 2.24. The van der Waals surface area contributed by atoms with Crippen LogP contribution in [0.5, 0.6) is 0 Å². The van der Waals surface area contributed by atoms with Gasteiger partial charge >= 0.3 is 0 Å². The van der Waals surface area contributed by atoms with E-state index in [1.807, 2.05) is 7.11 Å². The predicted octanol–water partition coefficient (Wildman–Crippen LogP) is 2.70. The highest BCUT2D eigenvalue weighted by Gasteiger charge is 2.30. The molecule has 1 fully saturated rings. The highest BCUT2D eigenvalue weighted by molar-refractivity contribution is 7.99. The fourth-order valence-corrected chi connectivity index (χ4v) is 2.99. The van der Waals surface area contributed by atoms with Crippen molar-refractivity contribution < 1.29 is 4.74 Å².